The Morgan fingerprint density at radius 1 is 1.45 bits per heavy atom. The Morgan fingerprint density at radius 2 is 2.05 bits per heavy atom. The van der Waals surface area contributed by atoms with E-state index in [1.54, 1.807) is 0 Å². The van der Waals surface area contributed by atoms with E-state index in [-0.39, 0.29) is 20.4 Å². The van der Waals surface area contributed by atoms with Gasteiger partial charge in [0.1, 0.15) is 12.1 Å². The quantitative estimate of drug-likeness (QED) is 0.867. The third kappa shape index (κ3) is 3.49. The van der Waals surface area contributed by atoms with Gasteiger partial charge in [0.25, 0.3) is 5.92 Å². The van der Waals surface area contributed by atoms with Crippen LogP contribution in [0.4, 0.5) is 8.78 Å². The molecular formula is C13H19F2N3O2. The molecule has 1 aromatic heterocycles. The van der Waals surface area contributed by atoms with Gasteiger partial charge in [0, 0.05) is 25.4 Å². The minimum atomic E-state index is -2.86. The summed E-state index contributed by atoms with van der Waals surface area (Å²) >= 11 is 0. The highest BCUT2D eigenvalue weighted by Gasteiger charge is 2.42. The van der Waals surface area contributed by atoms with E-state index in [0.29, 0.717) is 5.56 Å². The van der Waals surface area contributed by atoms with Gasteiger partial charge in [-0.2, -0.15) is 0 Å². The van der Waals surface area contributed by atoms with Gasteiger partial charge < -0.3 is 15.7 Å². The van der Waals surface area contributed by atoms with Gasteiger partial charge in [0.15, 0.2) is 0 Å². The van der Waals surface area contributed by atoms with Gasteiger partial charge in [-0.15, -0.1) is 0 Å². The summed E-state index contributed by atoms with van der Waals surface area (Å²) in [7, 11) is 0. The molecule has 0 aliphatic carbocycles. The number of aromatic nitrogens is 1. The van der Waals surface area contributed by atoms with E-state index < -0.39 is 30.5 Å². The number of alkyl halides is 2. The van der Waals surface area contributed by atoms with Crippen molar-refractivity contribution in [3.05, 3.63) is 30.1 Å². The first kappa shape index (κ1) is 16.5. The van der Waals surface area contributed by atoms with Crippen molar-refractivity contribution in [2.75, 3.05) is 13.1 Å². The predicted molar refractivity (Wildman–Crippen MR) is 70.0 cm³/mol. The van der Waals surface area contributed by atoms with E-state index in [1.807, 2.05) is 0 Å². The monoisotopic (exact) mass is 287 g/mol. The molecular weight excluding hydrogens is 268 g/mol. The van der Waals surface area contributed by atoms with Crippen LogP contribution in [0.1, 0.15) is 25.5 Å². The summed E-state index contributed by atoms with van der Waals surface area (Å²) in [6, 6.07) is 1.79. The van der Waals surface area contributed by atoms with Gasteiger partial charge >= 0.3 is 0 Å². The molecule has 3 N–H and O–H groups in total. The van der Waals surface area contributed by atoms with Crippen molar-refractivity contribution in [3.8, 4) is 0 Å². The summed E-state index contributed by atoms with van der Waals surface area (Å²) < 4.78 is 26.1. The minimum absolute atomic E-state index is 0. The summed E-state index contributed by atoms with van der Waals surface area (Å²) in [6.07, 6.45) is 1.32. The number of likely N-dealkylation sites (tertiary alicyclic amines) is 1. The molecule has 1 aliphatic heterocycles. The molecule has 1 aromatic rings. The maximum absolute atomic E-state index is 13.0. The highest BCUT2D eigenvalue weighted by molar-refractivity contribution is 5.82. The van der Waals surface area contributed by atoms with E-state index in [9.17, 15) is 18.7 Å². The number of carbonyl (C=O) groups is 1. The number of nitrogens with zero attached hydrogens (tertiary/aromatic N) is 2. The third-order valence-corrected chi connectivity index (χ3v) is 3.15. The molecule has 2 atom stereocenters. The van der Waals surface area contributed by atoms with Crippen molar-refractivity contribution >= 4 is 5.91 Å². The van der Waals surface area contributed by atoms with Crippen LogP contribution in [0.15, 0.2) is 24.5 Å². The van der Waals surface area contributed by atoms with Crippen LogP contribution in [0.25, 0.3) is 0 Å². The van der Waals surface area contributed by atoms with Crippen LogP contribution in [-0.4, -0.2) is 46.0 Å². The topological polar surface area (TPSA) is 79.5 Å². The molecule has 0 aromatic carbocycles. The molecule has 1 aliphatic rings. The Labute approximate surface area is 116 Å². The molecule has 0 radical (unpaired) electrons. The molecule has 0 bridgehead atoms. The molecule has 1 amide bonds. The zero-order valence-electron chi connectivity index (χ0n) is 10.2. The summed E-state index contributed by atoms with van der Waals surface area (Å²) in [6.45, 7) is -0.675. The number of pyridine rings is 1. The summed E-state index contributed by atoms with van der Waals surface area (Å²) in [5, 5.41) is 9.96. The van der Waals surface area contributed by atoms with Crippen LogP contribution >= 0.6 is 0 Å². The summed E-state index contributed by atoms with van der Waals surface area (Å²) in [5.74, 6) is -3.53. The molecule has 1 saturated heterocycles. The van der Waals surface area contributed by atoms with Gasteiger partial charge in [0.05, 0.1) is 6.54 Å². The lowest BCUT2D eigenvalue weighted by atomic mass is 10.0. The average Bonchev–Trinajstić information content (AvgIpc) is 2.77. The van der Waals surface area contributed by atoms with E-state index in [4.69, 9.17) is 5.73 Å². The predicted octanol–water partition coefficient (Wildman–Crippen LogP) is 0.946. The molecule has 0 unspecified atom stereocenters. The molecule has 112 valence electrons. The number of aliphatic hydroxyl groups excluding tert-OH is 1. The van der Waals surface area contributed by atoms with E-state index >= 15 is 0 Å². The Kier molecular flexibility index (Phi) is 5.13. The first-order chi connectivity index (χ1) is 8.91. The molecule has 0 saturated carbocycles. The molecule has 20 heavy (non-hydrogen) atoms. The third-order valence-electron chi connectivity index (χ3n) is 3.15. The molecule has 2 heterocycles. The van der Waals surface area contributed by atoms with Crippen LogP contribution in [0.5, 0.6) is 0 Å². The zero-order valence-corrected chi connectivity index (χ0v) is 10.2. The number of rotatable bonds is 3. The van der Waals surface area contributed by atoms with Crippen LogP contribution in [0, 0.1) is 0 Å². The fourth-order valence-corrected chi connectivity index (χ4v) is 2.04. The molecule has 5 nitrogen and oxygen atoms in total. The van der Waals surface area contributed by atoms with Crippen molar-refractivity contribution in [1.29, 1.82) is 0 Å². The van der Waals surface area contributed by atoms with Crippen LogP contribution < -0.4 is 5.73 Å². The van der Waals surface area contributed by atoms with Crippen LogP contribution in [0.3, 0.4) is 0 Å². The number of carbonyl (C=O) groups excluding carboxylic acids is 1. The standard InChI is InChI=1S/C12H15F2N3O2.CH4/c13-12(14)3-6-17(7-12)11(19)9(15)10(18)8-1-4-16-5-2-8;/h1-2,4-5,9-10,18H,3,6-7,15H2;1H4/t9-,10+;/m1./s1. The van der Waals surface area contributed by atoms with Crippen molar-refractivity contribution in [3.63, 3.8) is 0 Å². The lowest BCUT2D eigenvalue weighted by molar-refractivity contribution is -0.135. The first-order valence-corrected chi connectivity index (χ1v) is 5.91. The molecule has 7 heteroatoms. The van der Waals surface area contributed by atoms with Gasteiger partial charge in [-0.1, -0.05) is 7.43 Å². The van der Waals surface area contributed by atoms with E-state index in [0.717, 1.165) is 4.90 Å². The maximum Gasteiger partial charge on any atom is 0.267 e. The van der Waals surface area contributed by atoms with Gasteiger partial charge in [-0.05, 0) is 17.7 Å². The molecule has 1 fully saturated rings. The second-order valence-corrected chi connectivity index (χ2v) is 4.62. The Hall–Kier alpha value is -1.60. The van der Waals surface area contributed by atoms with Crippen molar-refractivity contribution in [2.45, 2.75) is 31.9 Å². The number of aliphatic hydroxyl groups is 1. The second-order valence-electron chi connectivity index (χ2n) is 4.62. The fraction of sp³-hybridized carbons (Fsp3) is 0.538. The largest absolute Gasteiger partial charge is 0.386 e. The molecule has 2 rings (SSSR count). The average molecular weight is 287 g/mol. The summed E-state index contributed by atoms with van der Waals surface area (Å²) in [5.41, 5.74) is 6.09. The Bertz CT molecular complexity index is 456. The van der Waals surface area contributed by atoms with Crippen molar-refractivity contribution in [2.24, 2.45) is 5.73 Å². The van der Waals surface area contributed by atoms with Crippen LogP contribution in [-0.2, 0) is 4.79 Å². The lowest BCUT2D eigenvalue weighted by Crippen LogP contribution is -2.46. The van der Waals surface area contributed by atoms with Gasteiger partial charge in [0.2, 0.25) is 5.91 Å². The van der Waals surface area contributed by atoms with E-state index in [1.165, 1.54) is 24.5 Å². The van der Waals surface area contributed by atoms with Gasteiger partial charge in [-0.3, -0.25) is 9.78 Å². The van der Waals surface area contributed by atoms with Crippen molar-refractivity contribution < 1.29 is 18.7 Å². The zero-order chi connectivity index (χ0) is 14.0. The number of nitrogens with two attached hydrogens (primary N) is 1. The SMILES string of the molecule is C.N[C@@H](C(=O)N1CCC(F)(F)C1)[C@@H](O)c1ccncc1. The first-order valence-electron chi connectivity index (χ1n) is 5.91. The number of hydrogen-bond acceptors (Lipinski definition) is 4. The summed E-state index contributed by atoms with van der Waals surface area (Å²) in [4.78, 5) is 16.7. The lowest BCUT2D eigenvalue weighted by Gasteiger charge is -2.24. The minimum Gasteiger partial charge on any atom is -0.386 e. The number of amides is 1. The highest BCUT2D eigenvalue weighted by Crippen LogP contribution is 2.28. The number of hydrogen-bond donors (Lipinski definition) is 2. The van der Waals surface area contributed by atoms with Crippen LogP contribution in [0.2, 0.25) is 0 Å². The smallest absolute Gasteiger partial charge is 0.267 e. The maximum atomic E-state index is 13.0. The highest BCUT2D eigenvalue weighted by atomic mass is 19.3. The number of halogens is 2. The fourth-order valence-electron chi connectivity index (χ4n) is 2.04. The van der Waals surface area contributed by atoms with Gasteiger partial charge in [-0.25, -0.2) is 8.78 Å². The van der Waals surface area contributed by atoms with Crippen molar-refractivity contribution in [1.82, 2.24) is 9.88 Å². The normalized spacial score (nSPS) is 20.1. The Morgan fingerprint density at radius 3 is 2.55 bits per heavy atom. The second kappa shape index (κ2) is 6.23. The van der Waals surface area contributed by atoms with E-state index in [2.05, 4.69) is 4.98 Å². The Balaban J connectivity index is 0.00000200. The molecule has 0 spiro atoms.